The number of hydrogen-bond donors (Lipinski definition) is 1. The lowest BCUT2D eigenvalue weighted by Gasteiger charge is -2.41. The first kappa shape index (κ1) is 9.01. The number of piperidine rings is 2. The molecular formula is C9H20N2. The van der Waals surface area contributed by atoms with Crippen molar-refractivity contribution in [2.45, 2.75) is 32.7 Å². The first-order chi connectivity index (χ1) is 4.86. The highest BCUT2D eigenvalue weighted by Crippen LogP contribution is 2.24. The van der Waals surface area contributed by atoms with Crippen LogP contribution in [0.1, 0.15) is 26.7 Å². The lowest BCUT2D eigenvalue weighted by Crippen LogP contribution is -2.50. The van der Waals surface area contributed by atoms with E-state index in [9.17, 15) is 0 Å². The van der Waals surface area contributed by atoms with Crippen LogP contribution in [0.3, 0.4) is 0 Å². The van der Waals surface area contributed by atoms with Crippen molar-refractivity contribution in [3.63, 3.8) is 0 Å². The minimum absolute atomic E-state index is 0. The molecule has 66 valence electrons. The Morgan fingerprint density at radius 1 is 1.18 bits per heavy atom. The van der Waals surface area contributed by atoms with Gasteiger partial charge in [0.05, 0.1) is 0 Å². The van der Waals surface area contributed by atoms with E-state index in [4.69, 9.17) is 5.73 Å². The van der Waals surface area contributed by atoms with Gasteiger partial charge in [-0.05, 0) is 38.3 Å². The van der Waals surface area contributed by atoms with Crippen LogP contribution < -0.4 is 5.73 Å². The molecule has 0 amide bonds. The minimum Gasteiger partial charge on any atom is -0.327 e. The number of fused-ring (bicyclic) bond motifs is 2. The second-order valence-corrected chi connectivity index (χ2v) is 3.66. The molecular weight excluding hydrogens is 136 g/mol. The Labute approximate surface area is 69.8 Å². The van der Waals surface area contributed by atoms with Crippen molar-refractivity contribution in [3.8, 4) is 0 Å². The maximum Gasteiger partial charge on any atom is 0.00915 e. The largest absolute Gasteiger partial charge is 0.327 e. The molecule has 2 heteroatoms. The van der Waals surface area contributed by atoms with E-state index in [-0.39, 0.29) is 7.43 Å². The molecule has 0 radical (unpaired) electrons. The van der Waals surface area contributed by atoms with E-state index in [0.717, 1.165) is 5.92 Å². The summed E-state index contributed by atoms with van der Waals surface area (Å²) < 4.78 is 0. The topological polar surface area (TPSA) is 29.3 Å². The standard InChI is InChI=1S/C8H16N2.CH4/c9-8-3-5-10-4-1-2-7(8)6-10;/h7-8H,1-6,9H2;1H4/t7?,8-;/m1./s1. The molecule has 0 spiro atoms. The summed E-state index contributed by atoms with van der Waals surface area (Å²) in [5, 5.41) is 0. The summed E-state index contributed by atoms with van der Waals surface area (Å²) in [5.41, 5.74) is 5.96. The second kappa shape index (κ2) is 3.55. The van der Waals surface area contributed by atoms with Crippen molar-refractivity contribution in [1.82, 2.24) is 4.90 Å². The fourth-order valence-corrected chi connectivity index (χ4v) is 2.21. The van der Waals surface area contributed by atoms with E-state index in [0.29, 0.717) is 6.04 Å². The average molecular weight is 156 g/mol. The Bertz CT molecular complexity index is 123. The van der Waals surface area contributed by atoms with Crippen LogP contribution >= 0.6 is 0 Å². The summed E-state index contributed by atoms with van der Waals surface area (Å²) in [4.78, 5) is 2.55. The van der Waals surface area contributed by atoms with E-state index in [2.05, 4.69) is 4.90 Å². The fourth-order valence-electron chi connectivity index (χ4n) is 2.21. The maximum atomic E-state index is 5.96. The molecule has 0 aliphatic carbocycles. The van der Waals surface area contributed by atoms with E-state index < -0.39 is 0 Å². The SMILES string of the molecule is C.N[C@@H]1CCN2CCCC1C2. The van der Waals surface area contributed by atoms with Gasteiger partial charge in [-0.15, -0.1) is 0 Å². The van der Waals surface area contributed by atoms with Crippen LogP contribution in [-0.2, 0) is 0 Å². The molecule has 0 saturated carbocycles. The molecule has 3 atom stereocenters. The molecule has 2 unspecified atom stereocenters. The first-order valence-corrected chi connectivity index (χ1v) is 4.34. The Morgan fingerprint density at radius 2 is 2.00 bits per heavy atom. The summed E-state index contributed by atoms with van der Waals surface area (Å²) in [6.07, 6.45) is 3.97. The van der Waals surface area contributed by atoms with Gasteiger partial charge >= 0.3 is 0 Å². The van der Waals surface area contributed by atoms with Gasteiger partial charge in [0.15, 0.2) is 0 Å². The zero-order valence-corrected chi connectivity index (χ0v) is 6.42. The zero-order chi connectivity index (χ0) is 6.97. The Balaban J connectivity index is 0.000000605. The molecule has 2 saturated heterocycles. The van der Waals surface area contributed by atoms with Gasteiger partial charge in [0.25, 0.3) is 0 Å². The van der Waals surface area contributed by atoms with Crippen LogP contribution in [0.15, 0.2) is 0 Å². The molecule has 2 aliphatic heterocycles. The highest BCUT2D eigenvalue weighted by atomic mass is 15.1. The van der Waals surface area contributed by atoms with Crippen molar-refractivity contribution in [2.24, 2.45) is 11.7 Å². The smallest absolute Gasteiger partial charge is 0.00915 e. The van der Waals surface area contributed by atoms with Crippen molar-refractivity contribution in [2.75, 3.05) is 19.6 Å². The van der Waals surface area contributed by atoms with Crippen molar-refractivity contribution in [1.29, 1.82) is 0 Å². The van der Waals surface area contributed by atoms with Crippen LogP contribution in [-0.4, -0.2) is 30.6 Å². The monoisotopic (exact) mass is 156 g/mol. The Hall–Kier alpha value is -0.0800. The van der Waals surface area contributed by atoms with E-state index in [1.807, 2.05) is 0 Å². The third kappa shape index (κ3) is 1.74. The summed E-state index contributed by atoms with van der Waals surface area (Å²) in [7, 11) is 0. The highest BCUT2D eigenvalue weighted by molar-refractivity contribution is 4.86. The van der Waals surface area contributed by atoms with Crippen molar-refractivity contribution in [3.05, 3.63) is 0 Å². The second-order valence-electron chi connectivity index (χ2n) is 3.66. The lowest BCUT2D eigenvalue weighted by molar-refractivity contribution is 0.107. The average Bonchev–Trinajstić information content (AvgIpc) is 1.99. The molecule has 2 fully saturated rings. The molecule has 11 heavy (non-hydrogen) atoms. The van der Waals surface area contributed by atoms with Gasteiger partial charge in [-0.1, -0.05) is 7.43 Å². The van der Waals surface area contributed by atoms with Crippen LogP contribution in [0.5, 0.6) is 0 Å². The molecule has 2 N–H and O–H groups in total. The molecule has 2 heterocycles. The first-order valence-electron chi connectivity index (χ1n) is 4.34. The van der Waals surface area contributed by atoms with Gasteiger partial charge in [-0.25, -0.2) is 0 Å². The highest BCUT2D eigenvalue weighted by Gasteiger charge is 2.29. The van der Waals surface area contributed by atoms with Gasteiger partial charge in [0.1, 0.15) is 0 Å². The number of nitrogens with zero attached hydrogens (tertiary/aromatic N) is 1. The molecule has 0 aromatic carbocycles. The molecule has 2 rings (SSSR count). The number of nitrogens with two attached hydrogens (primary N) is 1. The van der Waals surface area contributed by atoms with Gasteiger partial charge in [0.2, 0.25) is 0 Å². The van der Waals surface area contributed by atoms with Gasteiger partial charge in [0, 0.05) is 12.6 Å². The molecule has 2 nitrogen and oxygen atoms in total. The van der Waals surface area contributed by atoms with Crippen LogP contribution in [0.25, 0.3) is 0 Å². The van der Waals surface area contributed by atoms with Gasteiger partial charge < -0.3 is 10.6 Å². The van der Waals surface area contributed by atoms with Crippen molar-refractivity contribution < 1.29 is 0 Å². The number of rotatable bonds is 0. The quantitative estimate of drug-likeness (QED) is 0.568. The zero-order valence-electron chi connectivity index (χ0n) is 6.42. The predicted octanol–water partition coefficient (Wildman–Crippen LogP) is 1.07. The fraction of sp³-hybridized carbons (Fsp3) is 1.00. The van der Waals surface area contributed by atoms with Gasteiger partial charge in [-0.2, -0.15) is 0 Å². The summed E-state index contributed by atoms with van der Waals surface area (Å²) in [5.74, 6) is 0.822. The summed E-state index contributed by atoms with van der Waals surface area (Å²) in [6, 6.07) is 0.511. The van der Waals surface area contributed by atoms with Crippen LogP contribution in [0.4, 0.5) is 0 Å². The molecule has 0 aromatic heterocycles. The lowest BCUT2D eigenvalue weighted by atomic mass is 9.86. The van der Waals surface area contributed by atoms with Crippen LogP contribution in [0, 0.1) is 5.92 Å². The van der Waals surface area contributed by atoms with E-state index in [1.165, 1.54) is 38.9 Å². The minimum atomic E-state index is 0. The maximum absolute atomic E-state index is 5.96. The third-order valence-corrected chi connectivity index (χ3v) is 2.93. The third-order valence-electron chi connectivity index (χ3n) is 2.93. The molecule has 2 bridgehead atoms. The molecule has 2 aliphatic rings. The Kier molecular flexibility index (Phi) is 2.90. The van der Waals surface area contributed by atoms with Crippen molar-refractivity contribution >= 4 is 0 Å². The normalized spacial score (nSPS) is 42.8. The Morgan fingerprint density at radius 3 is 2.73 bits per heavy atom. The number of hydrogen-bond acceptors (Lipinski definition) is 2. The predicted molar refractivity (Wildman–Crippen MR) is 48.5 cm³/mol. The van der Waals surface area contributed by atoms with Gasteiger partial charge in [-0.3, -0.25) is 0 Å². The molecule has 0 aromatic rings. The summed E-state index contributed by atoms with van der Waals surface area (Å²) in [6.45, 7) is 3.85. The van der Waals surface area contributed by atoms with E-state index in [1.54, 1.807) is 0 Å². The van der Waals surface area contributed by atoms with E-state index >= 15 is 0 Å². The van der Waals surface area contributed by atoms with Crippen LogP contribution in [0.2, 0.25) is 0 Å². The summed E-state index contributed by atoms with van der Waals surface area (Å²) >= 11 is 0.